The highest BCUT2D eigenvalue weighted by atomic mass is 32.2. The Balaban J connectivity index is 2.20. The molecule has 0 aliphatic heterocycles. The second-order valence-electron chi connectivity index (χ2n) is 8.39. The van der Waals surface area contributed by atoms with Gasteiger partial charge in [-0.15, -0.1) is 0 Å². The highest BCUT2D eigenvalue weighted by molar-refractivity contribution is 7.89. The maximum absolute atomic E-state index is 13.1. The van der Waals surface area contributed by atoms with Crippen molar-refractivity contribution in [2.75, 3.05) is 18.4 Å². The normalized spacial score (nSPS) is 12.0. The van der Waals surface area contributed by atoms with E-state index in [9.17, 15) is 13.2 Å². The summed E-state index contributed by atoms with van der Waals surface area (Å²) in [6, 6.07) is 11.9. The molecule has 2 aromatic rings. The molecule has 0 aliphatic rings. The van der Waals surface area contributed by atoms with Gasteiger partial charge in [0.25, 0.3) is 5.91 Å². The number of nitrogens with zero attached hydrogens (tertiary/aromatic N) is 1. The standard InChI is InChI=1S/C23H32N2O3S/c1-16(2)14-25(15-17(3)4)29(27,28)22-11-8-20(9-12-22)23(26)24-21-10-7-18(5)19(6)13-21/h7-13,16-17H,14-15H2,1-6H3,(H,24,26). The zero-order valence-corrected chi connectivity index (χ0v) is 19.0. The molecular weight excluding hydrogens is 384 g/mol. The molecule has 29 heavy (non-hydrogen) atoms. The number of sulfonamides is 1. The van der Waals surface area contributed by atoms with Gasteiger partial charge in [0.2, 0.25) is 10.0 Å². The van der Waals surface area contributed by atoms with Crippen LogP contribution in [0, 0.1) is 25.7 Å². The number of benzene rings is 2. The largest absolute Gasteiger partial charge is 0.322 e. The molecular formula is C23H32N2O3S. The molecule has 0 aromatic heterocycles. The van der Waals surface area contributed by atoms with Gasteiger partial charge in [-0.3, -0.25) is 4.79 Å². The van der Waals surface area contributed by atoms with Gasteiger partial charge in [-0.25, -0.2) is 8.42 Å². The molecule has 0 radical (unpaired) electrons. The molecule has 0 bridgehead atoms. The Morgan fingerprint density at radius 3 is 1.93 bits per heavy atom. The van der Waals surface area contributed by atoms with Crippen LogP contribution in [0.2, 0.25) is 0 Å². The van der Waals surface area contributed by atoms with E-state index in [1.807, 2.05) is 59.7 Å². The van der Waals surface area contributed by atoms with E-state index in [2.05, 4.69) is 5.32 Å². The first kappa shape index (κ1) is 23.1. The molecule has 2 rings (SSSR count). The Kier molecular flexibility index (Phi) is 7.60. The van der Waals surface area contributed by atoms with Crippen molar-refractivity contribution in [1.82, 2.24) is 4.31 Å². The minimum atomic E-state index is -3.60. The topological polar surface area (TPSA) is 66.5 Å². The smallest absolute Gasteiger partial charge is 0.255 e. The predicted molar refractivity (Wildman–Crippen MR) is 119 cm³/mol. The maximum Gasteiger partial charge on any atom is 0.255 e. The van der Waals surface area contributed by atoms with Crippen LogP contribution in [0.25, 0.3) is 0 Å². The van der Waals surface area contributed by atoms with Crippen LogP contribution in [0.15, 0.2) is 47.4 Å². The number of hydrogen-bond donors (Lipinski definition) is 1. The molecule has 0 heterocycles. The molecule has 0 atom stereocenters. The Morgan fingerprint density at radius 1 is 0.897 bits per heavy atom. The zero-order valence-electron chi connectivity index (χ0n) is 18.2. The van der Waals surface area contributed by atoms with Crippen LogP contribution in [0.3, 0.4) is 0 Å². The van der Waals surface area contributed by atoms with E-state index in [1.54, 1.807) is 12.1 Å². The molecule has 6 heteroatoms. The van der Waals surface area contributed by atoms with Crippen LogP contribution in [-0.2, 0) is 10.0 Å². The third-order valence-electron chi connectivity index (χ3n) is 4.66. The fourth-order valence-corrected chi connectivity index (χ4v) is 4.80. The van der Waals surface area contributed by atoms with E-state index >= 15 is 0 Å². The number of carbonyl (C=O) groups is 1. The summed E-state index contributed by atoms with van der Waals surface area (Å²) in [5, 5.41) is 2.86. The molecule has 5 nitrogen and oxygen atoms in total. The quantitative estimate of drug-likeness (QED) is 0.668. The van der Waals surface area contributed by atoms with Crippen molar-refractivity contribution < 1.29 is 13.2 Å². The van der Waals surface area contributed by atoms with E-state index in [1.165, 1.54) is 16.4 Å². The van der Waals surface area contributed by atoms with E-state index in [4.69, 9.17) is 0 Å². The number of carbonyl (C=O) groups excluding carboxylic acids is 1. The van der Waals surface area contributed by atoms with E-state index in [-0.39, 0.29) is 22.6 Å². The summed E-state index contributed by atoms with van der Waals surface area (Å²) in [6.45, 7) is 13.0. The number of rotatable bonds is 8. The van der Waals surface area contributed by atoms with Crippen LogP contribution in [0.4, 0.5) is 5.69 Å². The molecule has 0 unspecified atom stereocenters. The molecule has 0 saturated heterocycles. The zero-order chi connectivity index (χ0) is 21.8. The fourth-order valence-electron chi connectivity index (χ4n) is 3.04. The van der Waals surface area contributed by atoms with Gasteiger partial charge in [0.1, 0.15) is 0 Å². The highest BCUT2D eigenvalue weighted by Crippen LogP contribution is 2.20. The predicted octanol–water partition coefficient (Wildman–Crippen LogP) is 4.86. The van der Waals surface area contributed by atoms with Gasteiger partial charge in [-0.05, 0) is 73.2 Å². The van der Waals surface area contributed by atoms with Crippen molar-refractivity contribution >= 4 is 21.6 Å². The minimum absolute atomic E-state index is 0.210. The molecule has 0 saturated carbocycles. The van der Waals surface area contributed by atoms with Crippen LogP contribution in [-0.4, -0.2) is 31.7 Å². The Morgan fingerprint density at radius 2 is 1.45 bits per heavy atom. The van der Waals surface area contributed by atoms with Gasteiger partial charge in [0.05, 0.1) is 4.90 Å². The van der Waals surface area contributed by atoms with Crippen molar-refractivity contribution in [2.45, 2.75) is 46.4 Å². The summed E-state index contributed by atoms with van der Waals surface area (Å²) >= 11 is 0. The average molecular weight is 417 g/mol. The second kappa shape index (κ2) is 9.55. The first-order valence-corrected chi connectivity index (χ1v) is 11.4. The van der Waals surface area contributed by atoms with Gasteiger partial charge in [0.15, 0.2) is 0 Å². The van der Waals surface area contributed by atoms with E-state index < -0.39 is 10.0 Å². The second-order valence-corrected chi connectivity index (χ2v) is 10.3. The lowest BCUT2D eigenvalue weighted by Crippen LogP contribution is -2.37. The lowest BCUT2D eigenvalue weighted by atomic mass is 10.1. The summed E-state index contributed by atoms with van der Waals surface area (Å²) in [4.78, 5) is 12.7. The lowest BCUT2D eigenvalue weighted by Gasteiger charge is -2.25. The van der Waals surface area contributed by atoms with Crippen molar-refractivity contribution in [2.24, 2.45) is 11.8 Å². The number of nitrogens with one attached hydrogen (secondary N) is 1. The first-order valence-electron chi connectivity index (χ1n) is 9.99. The Labute approximate surface area is 175 Å². The molecule has 0 aliphatic carbocycles. The van der Waals surface area contributed by atoms with Gasteiger partial charge in [-0.2, -0.15) is 4.31 Å². The van der Waals surface area contributed by atoms with E-state index in [0.29, 0.717) is 18.7 Å². The summed E-state index contributed by atoms with van der Waals surface area (Å²) in [5.74, 6) is 0.191. The number of aryl methyl sites for hydroxylation is 2. The van der Waals surface area contributed by atoms with Gasteiger partial charge in [0, 0.05) is 24.3 Å². The van der Waals surface area contributed by atoms with Crippen LogP contribution >= 0.6 is 0 Å². The summed E-state index contributed by atoms with van der Waals surface area (Å²) in [5.41, 5.74) is 3.39. The Bertz CT molecular complexity index is 939. The SMILES string of the molecule is Cc1ccc(NC(=O)c2ccc(S(=O)(=O)N(CC(C)C)CC(C)C)cc2)cc1C. The third-order valence-corrected chi connectivity index (χ3v) is 6.50. The molecule has 1 N–H and O–H groups in total. The minimum Gasteiger partial charge on any atom is -0.322 e. The van der Waals surface area contributed by atoms with Crippen LogP contribution < -0.4 is 5.32 Å². The van der Waals surface area contributed by atoms with Crippen molar-refractivity contribution in [3.63, 3.8) is 0 Å². The van der Waals surface area contributed by atoms with Crippen molar-refractivity contribution in [3.05, 3.63) is 59.2 Å². The summed E-state index contributed by atoms with van der Waals surface area (Å²) < 4.78 is 27.7. The molecule has 158 valence electrons. The monoisotopic (exact) mass is 416 g/mol. The fraction of sp³-hybridized carbons (Fsp3) is 0.435. The third kappa shape index (κ3) is 6.15. The van der Waals surface area contributed by atoms with Crippen molar-refractivity contribution in [3.8, 4) is 0 Å². The van der Waals surface area contributed by atoms with Crippen LogP contribution in [0.5, 0.6) is 0 Å². The summed E-state index contributed by atoms with van der Waals surface area (Å²) in [7, 11) is -3.60. The van der Waals surface area contributed by atoms with Gasteiger partial charge >= 0.3 is 0 Å². The molecule has 0 fully saturated rings. The molecule has 1 amide bonds. The van der Waals surface area contributed by atoms with Gasteiger partial charge < -0.3 is 5.32 Å². The first-order chi connectivity index (χ1) is 13.5. The summed E-state index contributed by atoms with van der Waals surface area (Å²) in [6.07, 6.45) is 0. The highest BCUT2D eigenvalue weighted by Gasteiger charge is 2.26. The molecule has 2 aromatic carbocycles. The lowest BCUT2D eigenvalue weighted by molar-refractivity contribution is 0.102. The van der Waals surface area contributed by atoms with Crippen LogP contribution in [0.1, 0.15) is 49.2 Å². The number of anilines is 1. The van der Waals surface area contributed by atoms with Crippen molar-refractivity contribution in [1.29, 1.82) is 0 Å². The number of hydrogen-bond acceptors (Lipinski definition) is 3. The molecule has 0 spiro atoms. The van der Waals surface area contributed by atoms with E-state index in [0.717, 1.165) is 16.8 Å². The number of amides is 1. The maximum atomic E-state index is 13.1. The Hall–Kier alpha value is -2.18. The average Bonchev–Trinajstić information content (AvgIpc) is 2.63. The van der Waals surface area contributed by atoms with Gasteiger partial charge in [-0.1, -0.05) is 33.8 Å².